The van der Waals surface area contributed by atoms with E-state index in [0.29, 0.717) is 0 Å². The van der Waals surface area contributed by atoms with E-state index in [9.17, 15) is 0 Å². The van der Waals surface area contributed by atoms with Crippen LogP contribution in [0.5, 0.6) is 0 Å². The molecule has 0 unspecified atom stereocenters. The van der Waals surface area contributed by atoms with E-state index >= 15 is 0 Å². The summed E-state index contributed by atoms with van der Waals surface area (Å²) in [4.78, 5) is 25.6. The molecule has 0 aliphatic rings. The number of hydrogen-bond donors (Lipinski definition) is 1. The standard InChI is InChI=1S/Ag.ClHO4.H3O4P/c;2-1(3,4)5;1-5(2,3)4/h;(H,2,3,4,5);(H3,1,2,3,4)/p-3. The molecule has 0 aromatic heterocycles. The molecule has 0 saturated heterocycles. The van der Waals surface area contributed by atoms with Crippen molar-refractivity contribution in [3.05, 3.63) is 0 Å². The Balaban J connectivity index is -0.000000107. The third kappa shape index (κ3) is 922. The summed E-state index contributed by atoms with van der Waals surface area (Å²) >= 11 is 0. The SMILES string of the molecule is O=P([O-])([O-])[O-].[Ag].[O-][Cl+3]([O-])([O-])O. The van der Waals surface area contributed by atoms with Crippen LogP contribution >= 0.6 is 7.82 Å². The fourth-order valence-corrected chi connectivity index (χ4v) is 0. The molecule has 0 heterocycles. The van der Waals surface area contributed by atoms with Crippen molar-refractivity contribution in [3.8, 4) is 0 Å². The van der Waals surface area contributed by atoms with Crippen LogP contribution in [0.1, 0.15) is 0 Å². The normalized spacial score (nSPS) is 10.8. The second kappa shape index (κ2) is 6.49. The Kier molecular flexibility index (Phi) is 10.6. The van der Waals surface area contributed by atoms with Gasteiger partial charge < -0.3 is 19.2 Å². The van der Waals surface area contributed by atoms with Gasteiger partial charge in [0.15, 0.2) is 0 Å². The van der Waals surface area contributed by atoms with Gasteiger partial charge in [0.1, 0.15) is 0 Å². The molecule has 0 rings (SSSR count). The molecule has 0 amide bonds. The molecule has 0 aliphatic carbocycles. The molecule has 0 aliphatic heterocycles. The first-order valence-electron chi connectivity index (χ1n) is 1.36. The molecule has 0 saturated carbocycles. The maximum Gasteiger partial charge on any atom is 0.0777 e. The Hall–Kier alpha value is 0.980. The molecule has 1 N–H and O–H groups in total. The van der Waals surface area contributed by atoms with Gasteiger partial charge in [0.25, 0.3) is 0 Å². The smallest absolute Gasteiger partial charge is 0.0777 e. The first-order valence-corrected chi connectivity index (χ1v) is 4.09. The Morgan fingerprint density at radius 2 is 1.09 bits per heavy atom. The fourth-order valence-electron chi connectivity index (χ4n) is 0. The minimum atomic E-state index is -5.39. The minimum Gasteiger partial charge on any atom is -0.822 e. The Labute approximate surface area is 78.6 Å². The van der Waals surface area contributed by atoms with E-state index in [-0.39, 0.29) is 22.4 Å². The van der Waals surface area contributed by atoms with Crippen LogP contribution in [0.2, 0.25) is 0 Å². The molecule has 0 bridgehead atoms. The van der Waals surface area contributed by atoms with Crippen molar-refractivity contribution in [2.24, 2.45) is 0 Å². The van der Waals surface area contributed by atoms with Crippen LogP contribution < -0.4 is 28.7 Å². The van der Waals surface area contributed by atoms with E-state index in [1.165, 1.54) is 0 Å². The van der Waals surface area contributed by atoms with Gasteiger partial charge in [0.2, 0.25) is 0 Å². The molecule has 0 fully saturated rings. The second-order valence-corrected chi connectivity index (χ2v) is 2.53. The quantitative estimate of drug-likeness (QED) is 0.339. The van der Waals surface area contributed by atoms with E-state index in [2.05, 4.69) is 0 Å². The number of rotatable bonds is 0. The molecule has 0 atom stereocenters. The van der Waals surface area contributed by atoms with Gasteiger partial charge in [-0.3, -0.25) is 0 Å². The molecule has 75 valence electrons. The van der Waals surface area contributed by atoms with Gasteiger partial charge in [0, 0.05) is 22.4 Å². The van der Waals surface area contributed by atoms with Gasteiger partial charge in [-0.05, 0) is 0 Å². The van der Waals surface area contributed by atoms with E-state index in [0.717, 1.165) is 0 Å². The average Bonchev–Trinajstić information content (AvgIpc) is 1.12. The summed E-state index contributed by atoms with van der Waals surface area (Å²) in [5, 5.41) is 0. The van der Waals surface area contributed by atoms with Gasteiger partial charge in [0.05, 0.1) is 14.9 Å². The third-order valence-corrected chi connectivity index (χ3v) is 0. The van der Waals surface area contributed by atoms with E-state index in [4.69, 9.17) is 37.9 Å². The molecule has 1 radical (unpaired) electrons. The molecular weight excluding hydrogens is 302 g/mol. The summed E-state index contributed by atoms with van der Waals surface area (Å²) in [6.45, 7) is 0. The third-order valence-electron chi connectivity index (χ3n) is 0. The van der Waals surface area contributed by atoms with Crippen LogP contribution in [-0.4, -0.2) is 4.66 Å². The summed E-state index contributed by atoms with van der Waals surface area (Å²) in [6, 6.07) is 0. The van der Waals surface area contributed by atoms with Crippen molar-refractivity contribution in [2.75, 3.05) is 0 Å². The van der Waals surface area contributed by atoms with Crippen molar-refractivity contribution >= 4 is 7.82 Å². The van der Waals surface area contributed by atoms with Crippen LogP contribution in [0, 0.1) is 10.2 Å². The molecule has 0 aromatic carbocycles. The van der Waals surface area contributed by atoms with E-state index in [1.807, 2.05) is 0 Å². The largest absolute Gasteiger partial charge is 0.822 e. The van der Waals surface area contributed by atoms with Crippen molar-refractivity contribution in [1.29, 1.82) is 0 Å². The van der Waals surface area contributed by atoms with Gasteiger partial charge in [-0.15, -0.1) is 0 Å². The first-order chi connectivity index (χ1) is 4.00. The van der Waals surface area contributed by atoms with Crippen LogP contribution in [0.25, 0.3) is 0 Å². The summed E-state index contributed by atoms with van der Waals surface area (Å²) in [5.41, 5.74) is 0. The summed E-state index contributed by atoms with van der Waals surface area (Å²) in [5.74, 6) is 0. The Morgan fingerprint density at radius 3 is 1.09 bits per heavy atom. The second-order valence-electron chi connectivity index (χ2n) is 0.843. The Morgan fingerprint density at radius 1 is 1.09 bits per heavy atom. The van der Waals surface area contributed by atoms with Crippen molar-refractivity contribution < 1.29 is 70.5 Å². The van der Waals surface area contributed by atoms with E-state index < -0.39 is 18.1 Å². The molecule has 0 spiro atoms. The topological polar surface area (TPSA) is 176 Å². The number of halogens is 1. The van der Waals surface area contributed by atoms with Crippen LogP contribution in [0.15, 0.2) is 0 Å². The van der Waals surface area contributed by atoms with Crippen molar-refractivity contribution in [1.82, 2.24) is 0 Å². The van der Waals surface area contributed by atoms with Crippen LogP contribution in [0.4, 0.5) is 0 Å². The predicted octanol–water partition coefficient (Wildman–Crippen LogP) is -6.95. The maximum atomic E-state index is 8.60. The summed E-state index contributed by atoms with van der Waals surface area (Å²) in [6.07, 6.45) is 0. The van der Waals surface area contributed by atoms with Gasteiger partial charge in [-0.1, -0.05) is 0 Å². The number of hydrogen-bond acceptors (Lipinski definition) is 8. The number of phosphoric acid groups is 1. The van der Waals surface area contributed by atoms with Gasteiger partial charge in [-0.25, -0.2) is 0 Å². The molecule has 0 aromatic rings. The first kappa shape index (κ1) is 17.9. The van der Waals surface area contributed by atoms with Gasteiger partial charge >= 0.3 is 0 Å². The summed E-state index contributed by atoms with van der Waals surface area (Å²) < 4.78 is 41.3. The average molecular weight is 303 g/mol. The zero-order chi connectivity index (χ0) is 9.00. The van der Waals surface area contributed by atoms with Crippen molar-refractivity contribution in [2.45, 2.75) is 0 Å². The van der Waals surface area contributed by atoms with Crippen molar-refractivity contribution in [3.63, 3.8) is 0 Å². The Bertz CT molecular complexity index is 106. The maximum absolute atomic E-state index is 8.60. The fraction of sp³-hybridized carbons (Fsp3) is 0. The summed E-state index contributed by atoms with van der Waals surface area (Å²) in [7, 11) is -10.1. The predicted molar refractivity (Wildman–Crippen MR) is 9.83 cm³/mol. The minimum absolute atomic E-state index is 0. The molecular formula is HAgClO8P-3. The van der Waals surface area contributed by atoms with Gasteiger partial charge in [-0.2, -0.15) is 21.8 Å². The molecule has 11 heteroatoms. The van der Waals surface area contributed by atoms with E-state index in [1.54, 1.807) is 0 Å². The zero-order valence-electron chi connectivity index (χ0n) is 4.43. The zero-order valence-corrected chi connectivity index (χ0v) is 7.56. The van der Waals surface area contributed by atoms with Crippen LogP contribution in [-0.2, 0) is 26.9 Å². The monoisotopic (exact) mass is 302 g/mol. The van der Waals surface area contributed by atoms with Crippen LogP contribution in [0.3, 0.4) is 0 Å². The molecule has 11 heavy (non-hydrogen) atoms. The molecule has 8 nitrogen and oxygen atoms in total.